The molecule has 2 aliphatic rings. The van der Waals surface area contributed by atoms with E-state index in [9.17, 15) is 4.79 Å². The van der Waals surface area contributed by atoms with Crippen molar-refractivity contribution in [3.8, 4) is 0 Å². The van der Waals surface area contributed by atoms with E-state index in [0.29, 0.717) is 17.9 Å². The molecule has 6 nitrogen and oxygen atoms in total. The number of nitrogens with one attached hydrogen (secondary N) is 1. The second kappa shape index (κ2) is 8.13. The van der Waals surface area contributed by atoms with Crippen LogP contribution in [0.2, 0.25) is 0 Å². The van der Waals surface area contributed by atoms with E-state index in [4.69, 9.17) is 0 Å². The maximum absolute atomic E-state index is 12.7. The van der Waals surface area contributed by atoms with Gasteiger partial charge in [-0.1, -0.05) is 26.7 Å². The van der Waals surface area contributed by atoms with Gasteiger partial charge in [-0.3, -0.25) is 9.69 Å². The topological polar surface area (TPSA) is 61.4 Å². The molecule has 2 heterocycles. The Morgan fingerprint density at radius 1 is 1.16 bits per heavy atom. The molecule has 1 saturated heterocycles. The van der Waals surface area contributed by atoms with Crippen LogP contribution in [0.5, 0.6) is 0 Å². The number of aromatic nitrogens is 2. The van der Waals surface area contributed by atoms with Crippen LogP contribution < -0.4 is 10.2 Å². The monoisotopic (exact) mass is 345 g/mol. The van der Waals surface area contributed by atoms with E-state index in [1.165, 1.54) is 12.8 Å². The van der Waals surface area contributed by atoms with Crippen LogP contribution >= 0.6 is 0 Å². The zero-order chi connectivity index (χ0) is 17.8. The molecule has 1 aromatic rings. The van der Waals surface area contributed by atoms with Crippen LogP contribution in [-0.2, 0) is 4.79 Å². The van der Waals surface area contributed by atoms with Crippen molar-refractivity contribution in [3.63, 3.8) is 0 Å². The summed E-state index contributed by atoms with van der Waals surface area (Å²) in [6.07, 6.45) is 7.17. The molecule has 1 aromatic heterocycles. The van der Waals surface area contributed by atoms with Crippen LogP contribution in [0, 0.1) is 11.8 Å². The maximum atomic E-state index is 12.7. The number of anilines is 1. The van der Waals surface area contributed by atoms with Gasteiger partial charge < -0.3 is 10.2 Å². The number of carbonyl (C=O) groups excluding carboxylic acids is 1. The highest BCUT2D eigenvalue weighted by atomic mass is 16.2. The van der Waals surface area contributed by atoms with Crippen molar-refractivity contribution in [3.05, 3.63) is 18.5 Å². The third-order valence-electron chi connectivity index (χ3n) is 6.11. The fourth-order valence-electron chi connectivity index (χ4n) is 4.02. The van der Waals surface area contributed by atoms with E-state index in [2.05, 4.69) is 38.9 Å². The molecule has 1 N–H and O–H groups in total. The Hall–Kier alpha value is -1.69. The average molecular weight is 345 g/mol. The number of carbonyl (C=O) groups is 1. The van der Waals surface area contributed by atoms with Crippen LogP contribution in [-0.4, -0.2) is 59.0 Å². The normalized spacial score (nSPS) is 29.2. The van der Waals surface area contributed by atoms with Gasteiger partial charge in [0.15, 0.2) is 0 Å². The molecule has 1 aliphatic carbocycles. The Morgan fingerprint density at radius 3 is 2.52 bits per heavy atom. The van der Waals surface area contributed by atoms with Gasteiger partial charge in [0.05, 0.1) is 6.04 Å². The summed E-state index contributed by atoms with van der Waals surface area (Å²) in [6.45, 7) is 10.1. The molecule has 4 atom stereocenters. The van der Waals surface area contributed by atoms with Gasteiger partial charge in [-0.15, -0.1) is 0 Å². The minimum absolute atomic E-state index is 0.0803. The minimum atomic E-state index is -0.0803. The van der Waals surface area contributed by atoms with Crippen LogP contribution in [0.15, 0.2) is 18.5 Å². The number of hydrogen-bond acceptors (Lipinski definition) is 5. The largest absolute Gasteiger partial charge is 0.352 e. The fourth-order valence-corrected chi connectivity index (χ4v) is 4.02. The summed E-state index contributed by atoms with van der Waals surface area (Å²) in [5.74, 6) is 2.22. The number of nitrogens with zero attached hydrogens (tertiary/aromatic N) is 4. The number of rotatable bonds is 4. The Kier molecular flexibility index (Phi) is 5.89. The second-order valence-corrected chi connectivity index (χ2v) is 7.63. The molecule has 0 radical (unpaired) electrons. The van der Waals surface area contributed by atoms with E-state index in [0.717, 1.165) is 38.5 Å². The second-order valence-electron chi connectivity index (χ2n) is 7.63. The highest BCUT2D eigenvalue weighted by molar-refractivity contribution is 5.81. The predicted octanol–water partition coefficient (Wildman–Crippen LogP) is 1.93. The Balaban J connectivity index is 1.50. The molecule has 6 heteroatoms. The highest BCUT2D eigenvalue weighted by Gasteiger charge is 2.31. The average Bonchev–Trinajstić information content (AvgIpc) is 2.65. The van der Waals surface area contributed by atoms with E-state index >= 15 is 0 Å². The van der Waals surface area contributed by atoms with Crippen LogP contribution in [0.25, 0.3) is 0 Å². The Labute approximate surface area is 151 Å². The summed E-state index contributed by atoms with van der Waals surface area (Å²) in [7, 11) is 0. The van der Waals surface area contributed by atoms with Crippen molar-refractivity contribution in [1.29, 1.82) is 0 Å². The molecule has 0 bridgehead atoms. The van der Waals surface area contributed by atoms with Crippen molar-refractivity contribution in [2.45, 2.75) is 52.1 Å². The van der Waals surface area contributed by atoms with Gasteiger partial charge in [0.2, 0.25) is 11.9 Å². The van der Waals surface area contributed by atoms with E-state index in [-0.39, 0.29) is 11.9 Å². The molecule has 138 valence electrons. The molecule has 0 unspecified atom stereocenters. The van der Waals surface area contributed by atoms with E-state index in [1.54, 1.807) is 12.4 Å². The lowest BCUT2D eigenvalue weighted by atomic mass is 9.78. The van der Waals surface area contributed by atoms with Crippen molar-refractivity contribution >= 4 is 11.9 Å². The fraction of sp³-hybridized carbons (Fsp3) is 0.737. The molecule has 3 rings (SSSR count). The number of hydrogen-bond donors (Lipinski definition) is 1. The minimum Gasteiger partial charge on any atom is -0.352 e. The van der Waals surface area contributed by atoms with Crippen molar-refractivity contribution in [2.75, 3.05) is 31.1 Å². The maximum Gasteiger partial charge on any atom is 0.237 e. The quantitative estimate of drug-likeness (QED) is 0.903. The summed E-state index contributed by atoms with van der Waals surface area (Å²) >= 11 is 0. The van der Waals surface area contributed by atoms with E-state index < -0.39 is 0 Å². The molecule has 0 aromatic carbocycles. The molecular formula is C19H31N5O. The lowest BCUT2D eigenvalue weighted by molar-refractivity contribution is -0.127. The number of piperazine rings is 1. The summed E-state index contributed by atoms with van der Waals surface area (Å²) in [6, 6.07) is 2.08. The molecule has 0 spiro atoms. The van der Waals surface area contributed by atoms with Crippen molar-refractivity contribution < 1.29 is 4.79 Å². The molecule has 1 saturated carbocycles. The zero-order valence-corrected chi connectivity index (χ0v) is 15.7. The molecule has 1 amide bonds. The molecule has 2 fully saturated rings. The van der Waals surface area contributed by atoms with Gasteiger partial charge in [-0.25, -0.2) is 9.97 Å². The summed E-state index contributed by atoms with van der Waals surface area (Å²) < 4.78 is 0. The molecule has 1 aliphatic heterocycles. The molecule has 25 heavy (non-hydrogen) atoms. The Morgan fingerprint density at radius 2 is 1.84 bits per heavy atom. The van der Waals surface area contributed by atoms with Crippen molar-refractivity contribution in [1.82, 2.24) is 20.2 Å². The summed E-state index contributed by atoms with van der Waals surface area (Å²) in [5.41, 5.74) is 0. The SMILES string of the molecule is C[C@@H]1[C@H](C)CCC[C@@H]1NC(=O)[C@H](C)N1CCN(c2ncccn2)CC1. The van der Waals surface area contributed by atoms with Gasteiger partial charge in [0, 0.05) is 44.6 Å². The van der Waals surface area contributed by atoms with Crippen LogP contribution in [0.3, 0.4) is 0 Å². The predicted molar refractivity (Wildman–Crippen MR) is 99.4 cm³/mol. The van der Waals surface area contributed by atoms with Gasteiger partial charge in [-0.2, -0.15) is 0 Å². The van der Waals surface area contributed by atoms with Crippen LogP contribution in [0.4, 0.5) is 5.95 Å². The first-order valence-electron chi connectivity index (χ1n) is 9.62. The smallest absolute Gasteiger partial charge is 0.237 e. The van der Waals surface area contributed by atoms with E-state index in [1.807, 2.05) is 13.0 Å². The standard InChI is InChI=1S/C19H31N5O/c1-14-6-4-7-17(15(14)2)22-18(25)16(3)23-10-12-24(13-11-23)19-20-8-5-9-21-19/h5,8-9,14-17H,4,6-7,10-13H2,1-3H3,(H,22,25)/t14-,15-,16+,17+/m1/s1. The van der Waals surface area contributed by atoms with Crippen LogP contribution in [0.1, 0.15) is 40.0 Å². The summed E-state index contributed by atoms with van der Waals surface area (Å²) in [4.78, 5) is 25.8. The summed E-state index contributed by atoms with van der Waals surface area (Å²) in [5, 5.41) is 3.32. The lowest BCUT2D eigenvalue weighted by Crippen LogP contribution is -2.56. The Bertz CT molecular complexity index is 558. The third kappa shape index (κ3) is 4.29. The van der Waals surface area contributed by atoms with Gasteiger partial charge in [-0.05, 0) is 31.2 Å². The lowest BCUT2D eigenvalue weighted by Gasteiger charge is -2.39. The first kappa shape index (κ1) is 18.1. The van der Waals surface area contributed by atoms with Gasteiger partial charge >= 0.3 is 0 Å². The first-order chi connectivity index (χ1) is 12.1. The van der Waals surface area contributed by atoms with Gasteiger partial charge in [0.25, 0.3) is 0 Å². The third-order valence-corrected chi connectivity index (χ3v) is 6.11. The molecular weight excluding hydrogens is 314 g/mol. The van der Waals surface area contributed by atoms with Crippen molar-refractivity contribution in [2.24, 2.45) is 11.8 Å². The number of amides is 1. The van der Waals surface area contributed by atoms with Gasteiger partial charge in [0.1, 0.15) is 0 Å². The highest BCUT2D eigenvalue weighted by Crippen LogP contribution is 2.29. The first-order valence-corrected chi connectivity index (χ1v) is 9.62. The zero-order valence-electron chi connectivity index (χ0n) is 15.7.